The van der Waals surface area contributed by atoms with Crippen molar-refractivity contribution in [2.24, 2.45) is 0 Å². The number of nitrogens with one attached hydrogen (secondary N) is 1. The Kier molecular flexibility index (Phi) is 7.13. The van der Waals surface area contributed by atoms with Crippen LogP contribution >= 0.6 is 23.4 Å². The Hall–Kier alpha value is -3.11. The molecule has 0 aromatic heterocycles. The molecule has 162 valence electrons. The van der Waals surface area contributed by atoms with E-state index in [-0.39, 0.29) is 16.4 Å². The molecule has 1 fully saturated rings. The van der Waals surface area contributed by atoms with Crippen LogP contribution in [0.4, 0.5) is 19.3 Å². The van der Waals surface area contributed by atoms with E-state index in [0.717, 1.165) is 4.90 Å². The van der Waals surface area contributed by atoms with E-state index in [0.29, 0.717) is 28.0 Å². The van der Waals surface area contributed by atoms with Gasteiger partial charge in [-0.1, -0.05) is 23.7 Å². The summed E-state index contributed by atoms with van der Waals surface area (Å²) < 4.78 is 34.3. The molecule has 0 spiro atoms. The number of rotatable bonds is 7. The van der Waals surface area contributed by atoms with Gasteiger partial charge in [0.2, 0.25) is 5.91 Å². The van der Waals surface area contributed by atoms with E-state index in [9.17, 15) is 23.2 Å². The van der Waals surface area contributed by atoms with Crippen LogP contribution in [-0.2, 0) is 9.59 Å². The van der Waals surface area contributed by atoms with E-state index >= 15 is 0 Å². The lowest BCUT2D eigenvalue weighted by atomic mass is 10.2. The van der Waals surface area contributed by atoms with Gasteiger partial charge in [-0.3, -0.25) is 19.3 Å². The third kappa shape index (κ3) is 5.74. The quantitative estimate of drug-likeness (QED) is 0.597. The molecule has 1 N–H and O–H groups in total. The van der Waals surface area contributed by atoms with E-state index in [1.165, 1.54) is 37.5 Å². The average molecular weight is 469 g/mol. The van der Waals surface area contributed by atoms with Gasteiger partial charge < -0.3 is 14.8 Å². The first kappa shape index (κ1) is 22.6. The molecule has 11 heteroatoms. The molecule has 7 nitrogen and oxygen atoms in total. The molecule has 1 heterocycles. The van der Waals surface area contributed by atoms with Gasteiger partial charge in [-0.25, -0.2) is 0 Å². The molecule has 0 radical (unpaired) electrons. The zero-order valence-corrected chi connectivity index (χ0v) is 17.5. The molecule has 31 heavy (non-hydrogen) atoms. The largest absolute Gasteiger partial charge is 0.493 e. The molecule has 0 unspecified atom stereocenters. The molecule has 0 aliphatic carbocycles. The molecule has 2 aromatic rings. The lowest BCUT2D eigenvalue weighted by Crippen LogP contribution is -2.36. The fraction of sp³-hybridized carbons (Fsp3) is 0.150. The van der Waals surface area contributed by atoms with Gasteiger partial charge in [-0.15, -0.1) is 0 Å². The Morgan fingerprint density at radius 1 is 1.23 bits per heavy atom. The van der Waals surface area contributed by atoms with Crippen LogP contribution in [-0.4, -0.2) is 42.2 Å². The number of nitrogens with zero attached hydrogens (tertiary/aromatic N) is 1. The topological polar surface area (TPSA) is 84.9 Å². The van der Waals surface area contributed by atoms with Crippen molar-refractivity contribution in [1.29, 1.82) is 0 Å². The van der Waals surface area contributed by atoms with Gasteiger partial charge in [0.05, 0.1) is 12.0 Å². The van der Waals surface area contributed by atoms with E-state index in [1.807, 2.05) is 0 Å². The number of anilines is 1. The first-order chi connectivity index (χ1) is 14.8. The van der Waals surface area contributed by atoms with Gasteiger partial charge in [0, 0.05) is 10.7 Å². The number of methoxy groups -OCH3 is 1. The standard InChI is InChI=1S/C20H15ClF2N2O5S/c1-29-15-7-11(5-6-14(15)30-19(22)23)8-16-18(27)25(20(28)31-16)10-17(26)24-13-4-2-3-12(21)9-13/h2-9,19H,10H2,1H3,(H,24,26)/b16-8-. The van der Waals surface area contributed by atoms with Crippen molar-refractivity contribution < 1.29 is 32.6 Å². The molecular formula is C20H15ClF2N2O5S. The van der Waals surface area contributed by atoms with Crippen LogP contribution in [0.15, 0.2) is 47.4 Å². The third-order valence-electron chi connectivity index (χ3n) is 3.99. The number of imide groups is 1. The minimum absolute atomic E-state index is 0.0363. The predicted octanol–water partition coefficient (Wildman–Crippen LogP) is 4.63. The van der Waals surface area contributed by atoms with Crippen molar-refractivity contribution >= 4 is 52.2 Å². The minimum Gasteiger partial charge on any atom is -0.493 e. The van der Waals surface area contributed by atoms with Crippen molar-refractivity contribution in [3.05, 3.63) is 58.0 Å². The maximum atomic E-state index is 12.6. The smallest absolute Gasteiger partial charge is 0.387 e. The first-order valence-corrected chi connectivity index (χ1v) is 9.90. The fourth-order valence-electron chi connectivity index (χ4n) is 2.67. The van der Waals surface area contributed by atoms with Crippen LogP contribution < -0.4 is 14.8 Å². The van der Waals surface area contributed by atoms with Crippen molar-refractivity contribution in [2.75, 3.05) is 19.0 Å². The van der Waals surface area contributed by atoms with E-state index < -0.39 is 30.2 Å². The summed E-state index contributed by atoms with van der Waals surface area (Å²) in [6.07, 6.45) is 1.40. The Morgan fingerprint density at radius 3 is 2.68 bits per heavy atom. The Bertz CT molecular complexity index is 1060. The number of thioether (sulfide) groups is 1. The summed E-state index contributed by atoms with van der Waals surface area (Å²) in [5.41, 5.74) is 0.852. The lowest BCUT2D eigenvalue weighted by Gasteiger charge is -2.12. The Labute approximate surface area is 184 Å². The van der Waals surface area contributed by atoms with Crippen molar-refractivity contribution in [3.63, 3.8) is 0 Å². The van der Waals surface area contributed by atoms with Crippen LogP contribution in [0.1, 0.15) is 5.56 Å². The maximum absolute atomic E-state index is 12.6. The number of halogens is 3. The van der Waals surface area contributed by atoms with Crippen LogP contribution in [0.3, 0.4) is 0 Å². The normalized spacial score (nSPS) is 15.0. The van der Waals surface area contributed by atoms with Gasteiger partial charge in [0.25, 0.3) is 11.1 Å². The van der Waals surface area contributed by atoms with Crippen molar-refractivity contribution in [1.82, 2.24) is 4.90 Å². The summed E-state index contributed by atoms with van der Waals surface area (Å²) in [4.78, 5) is 37.9. The van der Waals surface area contributed by atoms with Gasteiger partial charge in [0.15, 0.2) is 11.5 Å². The van der Waals surface area contributed by atoms with Gasteiger partial charge >= 0.3 is 6.61 Å². The maximum Gasteiger partial charge on any atom is 0.387 e. The molecule has 0 saturated carbocycles. The summed E-state index contributed by atoms with van der Waals surface area (Å²) in [6, 6.07) is 10.5. The van der Waals surface area contributed by atoms with E-state index in [4.69, 9.17) is 16.3 Å². The summed E-state index contributed by atoms with van der Waals surface area (Å²) in [5.74, 6) is -1.35. The Morgan fingerprint density at radius 2 is 2.00 bits per heavy atom. The number of alkyl halides is 2. The molecule has 1 aliphatic rings. The molecule has 3 rings (SSSR count). The number of carbonyl (C=O) groups excluding carboxylic acids is 3. The van der Waals surface area contributed by atoms with E-state index in [1.54, 1.807) is 18.2 Å². The second-order valence-corrected chi connectivity index (χ2v) is 7.54. The Balaban J connectivity index is 1.72. The fourth-order valence-corrected chi connectivity index (χ4v) is 3.69. The average Bonchev–Trinajstić information content (AvgIpc) is 2.96. The summed E-state index contributed by atoms with van der Waals surface area (Å²) in [6.45, 7) is -3.49. The highest BCUT2D eigenvalue weighted by Gasteiger charge is 2.36. The van der Waals surface area contributed by atoms with Crippen LogP contribution in [0, 0.1) is 0 Å². The molecule has 0 atom stereocenters. The summed E-state index contributed by atoms with van der Waals surface area (Å²) >= 11 is 6.52. The first-order valence-electron chi connectivity index (χ1n) is 8.70. The summed E-state index contributed by atoms with van der Waals surface area (Å²) in [5, 5.41) is 2.38. The highest BCUT2D eigenvalue weighted by molar-refractivity contribution is 8.18. The number of hydrogen-bond donors (Lipinski definition) is 1. The van der Waals surface area contributed by atoms with Crippen LogP contribution in [0.2, 0.25) is 5.02 Å². The molecule has 0 bridgehead atoms. The second-order valence-electron chi connectivity index (χ2n) is 6.12. The highest BCUT2D eigenvalue weighted by atomic mass is 35.5. The van der Waals surface area contributed by atoms with Crippen LogP contribution in [0.25, 0.3) is 6.08 Å². The number of carbonyl (C=O) groups is 3. The highest BCUT2D eigenvalue weighted by Crippen LogP contribution is 2.35. The zero-order chi connectivity index (χ0) is 22.5. The minimum atomic E-state index is -3.02. The predicted molar refractivity (Wildman–Crippen MR) is 112 cm³/mol. The van der Waals surface area contributed by atoms with Gasteiger partial charge in [-0.2, -0.15) is 8.78 Å². The van der Waals surface area contributed by atoms with Crippen molar-refractivity contribution in [2.45, 2.75) is 6.61 Å². The van der Waals surface area contributed by atoms with Gasteiger partial charge in [-0.05, 0) is 53.7 Å². The molecule has 2 aromatic carbocycles. The third-order valence-corrected chi connectivity index (χ3v) is 5.13. The zero-order valence-electron chi connectivity index (χ0n) is 15.9. The monoisotopic (exact) mass is 468 g/mol. The SMILES string of the molecule is COc1cc(/C=C2\SC(=O)N(CC(=O)Nc3cccc(Cl)c3)C2=O)ccc1OC(F)F. The van der Waals surface area contributed by atoms with Crippen LogP contribution in [0.5, 0.6) is 11.5 Å². The van der Waals surface area contributed by atoms with E-state index in [2.05, 4.69) is 10.1 Å². The number of amides is 3. The molecular weight excluding hydrogens is 454 g/mol. The van der Waals surface area contributed by atoms with Gasteiger partial charge in [0.1, 0.15) is 6.54 Å². The summed E-state index contributed by atoms with van der Waals surface area (Å²) in [7, 11) is 1.28. The number of hydrogen-bond acceptors (Lipinski definition) is 6. The molecule has 1 saturated heterocycles. The number of ether oxygens (including phenoxy) is 2. The molecule has 3 amide bonds. The lowest BCUT2D eigenvalue weighted by molar-refractivity contribution is -0.127. The second kappa shape index (κ2) is 9.80. The number of benzene rings is 2. The molecule has 1 aliphatic heterocycles. The van der Waals surface area contributed by atoms with Crippen molar-refractivity contribution in [3.8, 4) is 11.5 Å².